The van der Waals surface area contributed by atoms with Gasteiger partial charge in [0.25, 0.3) is 0 Å². The van der Waals surface area contributed by atoms with Gasteiger partial charge in [-0.2, -0.15) is 0 Å². The zero-order chi connectivity index (χ0) is 19.2. The van der Waals surface area contributed by atoms with Gasteiger partial charge in [-0.25, -0.2) is 0 Å². The van der Waals surface area contributed by atoms with Crippen molar-refractivity contribution >= 4 is 29.9 Å². The van der Waals surface area contributed by atoms with Crippen molar-refractivity contribution in [2.24, 2.45) is 4.99 Å². The Morgan fingerprint density at radius 1 is 1.10 bits per heavy atom. The first kappa shape index (κ1) is 22.8. The van der Waals surface area contributed by atoms with Gasteiger partial charge in [0.1, 0.15) is 0 Å². The highest BCUT2D eigenvalue weighted by molar-refractivity contribution is 14.0. The number of nitrogens with zero attached hydrogens (tertiary/aromatic N) is 3. The lowest BCUT2D eigenvalue weighted by molar-refractivity contribution is 0.0992. The fourth-order valence-electron chi connectivity index (χ4n) is 4.60. The van der Waals surface area contributed by atoms with Gasteiger partial charge >= 0.3 is 0 Å². The molecule has 162 valence electrons. The van der Waals surface area contributed by atoms with E-state index in [0.29, 0.717) is 18.2 Å². The van der Waals surface area contributed by atoms with Crippen molar-refractivity contribution in [1.82, 2.24) is 20.4 Å². The van der Waals surface area contributed by atoms with Crippen LogP contribution in [0.4, 0.5) is 0 Å². The van der Waals surface area contributed by atoms with E-state index in [-0.39, 0.29) is 24.0 Å². The van der Waals surface area contributed by atoms with Crippen LogP contribution in [0.25, 0.3) is 0 Å². The summed E-state index contributed by atoms with van der Waals surface area (Å²) < 4.78 is 5.96. The lowest BCUT2D eigenvalue weighted by Crippen LogP contribution is -2.48. The zero-order valence-electron chi connectivity index (χ0n) is 17.6. The average molecular weight is 513 g/mol. The first-order valence-corrected chi connectivity index (χ1v) is 11.0. The smallest absolute Gasteiger partial charge is 0.191 e. The number of ether oxygens (including phenoxy) is 1. The number of fused-ring (bicyclic) bond motifs is 2. The van der Waals surface area contributed by atoms with Crippen molar-refractivity contribution in [2.45, 2.75) is 51.0 Å². The third kappa shape index (κ3) is 6.54. The summed E-state index contributed by atoms with van der Waals surface area (Å²) >= 11 is 0. The fourth-order valence-corrected chi connectivity index (χ4v) is 4.60. The minimum absolute atomic E-state index is 0. The van der Waals surface area contributed by atoms with Crippen LogP contribution in [-0.2, 0) is 11.3 Å². The molecule has 2 bridgehead atoms. The third-order valence-corrected chi connectivity index (χ3v) is 6.17. The van der Waals surface area contributed by atoms with Crippen molar-refractivity contribution in [2.75, 3.05) is 45.8 Å². The second-order valence-electron chi connectivity index (χ2n) is 8.22. The third-order valence-electron chi connectivity index (χ3n) is 6.17. The lowest BCUT2D eigenvalue weighted by Gasteiger charge is -2.34. The van der Waals surface area contributed by atoms with E-state index in [1.807, 2.05) is 0 Å². The number of aliphatic imine (C=N–C) groups is 1. The summed E-state index contributed by atoms with van der Waals surface area (Å²) in [5.41, 5.74) is 1.41. The van der Waals surface area contributed by atoms with Crippen molar-refractivity contribution in [3.8, 4) is 0 Å². The van der Waals surface area contributed by atoms with E-state index in [9.17, 15) is 0 Å². The Morgan fingerprint density at radius 3 is 2.52 bits per heavy atom. The van der Waals surface area contributed by atoms with Gasteiger partial charge in [-0.1, -0.05) is 30.3 Å². The second kappa shape index (κ2) is 11.5. The molecule has 4 rings (SSSR count). The van der Waals surface area contributed by atoms with Gasteiger partial charge in [0, 0.05) is 45.8 Å². The van der Waals surface area contributed by atoms with Crippen LogP contribution >= 0.6 is 24.0 Å². The van der Waals surface area contributed by atoms with Gasteiger partial charge in [0.05, 0.1) is 24.8 Å². The number of halogens is 1. The zero-order valence-corrected chi connectivity index (χ0v) is 19.9. The van der Waals surface area contributed by atoms with Crippen LogP contribution in [-0.4, -0.2) is 79.8 Å². The highest BCUT2D eigenvalue weighted by Crippen LogP contribution is 2.34. The molecule has 7 heteroatoms. The molecule has 3 saturated heterocycles. The Balaban J connectivity index is 0.00000240. The summed E-state index contributed by atoms with van der Waals surface area (Å²) in [6.07, 6.45) is 4.39. The normalized spacial score (nSPS) is 27.6. The van der Waals surface area contributed by atoms with E-state index in [1.165, 1.54) is 18.4 Å². The molecular weight excluding hydrogens is 477 g/mol. The molecule has 3 heterocycles. The van der Waals surface area contributed by atoms with Crippen LogP contribution in [0.5, 0.6) is 0 Å². The number of benzene rings is 1. The largest absolute Gasteiger partial charge is 0.373 e. The van der Waals surface area contributed by atoms with E-state index >= 15 is 0 Å². The standard InChI is InChI=1S/C22H35N5O.HI/c1-2-23-22(25-20-16-19-8-9-21(20)28-19)24-10-11-26-12-14-27(15-13-26)17-18-6-4-3-5-7-18;/h3-7,19-21H,2,8-17H2,1H3,(H2,23,24,25);1H. The van der Waals surface area contributed by atoms with Gasteiger partial charge in [-0.3, -0.25) is 14.8 Å². The molecule has 1 aromatic rings. The molecule has 2 N–H and O–H groups in total. The van der Waals surface area contributed by atoms with Crippen molar-refractivity contribution < 1.29 is 4.74 Å². The molecule has 1 aromatic carbocycles. The minimum atomic E-state index is 0. The molecule has 3 atom stereocenters. The van der Waals surface area contributed by atoms with Crippen molar-refractivity contribution in [1.29, 1.82) is 0 Å². The van der Waals surface area contributed by atoms with E-state index in [2.05, 4.69) is 57.7 Å². The number of hydrogen-bond donors (Lipinski definition) is 2. The van der Waals surface area contributed by atoms with Crippen LogP contribution in [0.2, 0.25) is 0 Å². The highest BCUT2D eigenvalue weighted by atomic mass is 127. The monoisotopic (exact) mass is 513 g/mol. The van der Waals surface area contributed by atoms with Gasteiger partial charge < -0.3 is 15.4 Å². The predicted molar refractivity (Wildman–Crippen MR) is 129 cm³/mol. The molecule has 6 nitrogen and oxygen atoms in total. The van der Waals surface area contributed by atoms with E-state index < -0.39 is 0 Å². The first-order valence-electron chi connectivity index (χ1n) is 11.0. The molecular formula is C22H36IN5O. The lowest BCUT2D eigenvalue weighted by atomic mass is 9.96. The SMILES string of the molecule is CCNC(=NCCN1CCN(Cc2ccccc2)CC1)NC1CC2CCC1O2.I. The van der Waals surface area contributed by atoms with Gasteiger partial charge in [-0.15, -0.1) is 24.0 Å². The maximum Gasteiger partial charge on any atom is 0.191 e. The van der Waals surface area contributed by atoms with Crippen LogP contribution < -0.4 is 10.6 Å². The molecule has 3 aliphatic rings. The number of piperazine rings is 1. The van der Waals surface area contributed by atoms with Crippen LogP contribution in [0.3, 0.4) is 0 Å². The molecule has 0 amide bonds. The number of guanidine groups is 1. The van der Waals surface area contributed by atoms with Crippen LogP contribution in [0.1, 0.15) is 31.7 Å². The summed E-state index contributed by atoms with van der Waals surface area (Å²) in [7, 11) is 0. The minimum Gasteiger partial charge on any atom is -0.373 e. The molecule has 0 aromatic heterocycles. The summed E-state index contributed by atoms with van der Waals surface area (Å²) in [6.45, 7) is 10.5. The average Bonchev–Trinajstić information content (AvgIpc) is 3.33. The first-order chi connectivity index (χ1) is 13.8. The summed E-state index contributed by atoms with van der Waals surface area (Å²) in [6, 6.07) is 11.2. The molecule has 29 heavy (non-hydrogen) atoms. The van der Waals surface area contributed by atoms with E-state index in [0.717, 1.165) is 64.7 Å². The van der Waals surface area contributed by atoms with Crippen molar-refractivity contribution in [3.63, 3.8) is 0 Å². The summed E-state index contributed by atoms with van der Waals surface area (Å²) in [5, 5.41) is 7.01. The molecule has 0 saturated carbocycles. The molecule has 3 aliphatic heterocycles. The number of rotatable bonds is 7. The van der Waals surface area contributed by atoms with Gasteiger partial charge in [-0.05, 0) is 31.7 Å². The summed E-state index contributed by atoms with van der Waals surface area (Å²) in [5.74, 6) is 0.950. The predicted octanol–water partition coefficient (Wildman–Crippen LogP) is 2.30. The Hall–Kier alpha value is -0.900. The van der Waals surface area contributed by atoms with E-state index in [1.54, 1.807) is 0 Å². The maximum atomic E-state index is 5.96. The molecule has 0 radical (unpaired) electrons. The molecule has 3 unspecified atom stereocenters. The number of hydrogen-bond acceptors (Lipinski definition) is 4. The summed E-state index contributed by atoms with van der Waals surface area (Å²) in [4.78, 5) is 9.91. The number of nitrogens with one attached hydrogen (secondary N) is 2. The highest BCUT2D eigenvalue weighted by Gasteiger charge is 2.41. The van der Waals surface area contributed by atoms with Crippen LogP contribution in [0.15, 0.2) is 35.3 Å². The van der Waals surface area contributed by atoms with E-state index in [4.69, 9.17) is 9.73 Å². The molecule has 0 spiro atoms. The fraction of sp³-hybridized carbons (Fsp3) is 0.682. The second-order valence-corrected chi connectivity index (χ2v) is 8.22. The van der Waals surface area contributed by atoms with Crippen LogP contribution in [0, 0.1) is 0 Å². The topological polar surface area (TPSA) is 52.1 Å². The Bertz CT molecular complexity index is 635. The maximum absolute atomic E-state index is 5.96. The van der Waals surface area contributed by atoms with Gasteiger partial charge in [0.2, 0.25) is 0 Å². The quantitative estimate of drug-likeness (QED) is 0.333. The Kier molecular flexibility index (Phi) is 9.02. The van der Waals surface area contributed by atoms with Crippen molar-refractivity contribution in [3.05, 3.63) is 35.9 Å². The molecule has 0 aliphatic carbocycles. The molecule has 3 fully saturated rings. The van der Waals surface area contributed by atoms with Gasteiger partial charge in [0.15, 0.2) is 5.96 Å². The Labute approximate surface area is 192 Å². The Morgan fingerprint density at radius 2 is 1.86 bits per heavy atom.